The van der Waals surface area contributed by atoms with Gasteiger partial charge in [0.05, 0.1) is 5.92 Å². The first-order chi connectivity index (χ1) is 5.92. The first kappa shape index (κ1) is 7.47. The zero-order valence-corrected chi connectivity index (χ0v) is 6.81. The number of benzene rings is 1. The third-order valence-corrected chi connectivity index (χ3v) is 2.44. The molecule has 1 aliphatic rings. The molecule has 1 saturated carbocycles. The molecule has 62 valence electrons. The average Bonchev–Trinajstić information content (AvgIpc) is 2.87. The lowest BCUT2D eigenvalue weighted by atomic mass is 10.1. The number of hydrogen-bond acceptors (Lipinski definition) is 0. The first-order valence-electron chi connectivity index (χ1n) is 4.23. The monoisotopic (exact) mass is 161 g/mol. The maximum Gasteiger partial charge on any atom is 0.256 e. The second-order valence-corrected chi connectivity index (χ2v) is 3.31. The van der Waals surface area contributed by atoms with Crippen LogP contribution in [0.4, 0.5) is 0 Å². The zero-order chi connectivity index (χ0) is 8.39. The van der Waals surface area contributed by atoms with Crippen LogP contribution < -0.4 is 0 Å². The van der Waals surface area contributed by atoms with Gasteiger partial charge >= 0.3 is 0 Å². The quantitative estimate of drug-likeness (QED) is 0.611. The van der Waals surface area contributed by atoms with E-state index in [1.807, 2.05) is 18.2 Å². The van der Waals surface area contributed by atoms with E-state index in [9.17, 15) is 0 Å². The minimum absolute atomic E-state index is 0.472. The van der Waals surface area contributed by atoms with Gasteiger partial charge in [-0.15, -0.1) is 0 Å². The van der Waals surface area contributed by atoms with Crippen LogP contribution in [0.5, 0.6) is 0 Å². The molecular formula is C10H11NO. The lowest BCUT2D eigenvalue weighted by Gasteiger charge is -1.94. The molecule has 1 aromatic rings. The molecule has 2 atom stereocenters. The smallest absolute Gasteiger partial charge is 0.256 e. The Bertz CT molecular complexity index is 270. The van der Waals surface area contributed by atoms with Gasteiger partial charge < -0.3 is 10.1 Å². The van der Waals surface area contributed by atoms with Gasteiger partial charge in [-0.05, 0) is 17.9 Å². The summed E-state index contributed by atoms with van der Waals surface area (Å²) in [5.41, 5.74) is 9.60. The average molecular weight is 161 g/mol. The summed E-state index contributed by atoms with van der Waals surface area (Å²) in [5, 5.41) is 0. The lowest BCUT2D eigenvalue weighted by Crippen LogP contribution is -1.86. The van der Waals surface area contributed by atoms with Crippen molar-refractivity contribution < 1.29 is 0 Å². The number of rotatable bonds is 3. The molecule has 0 aromatic heterocycles. The molecule has 0 saturated heterocycles. The zero-order valence-electron chi connectivity index (χ0n) is 6.81. The van der Waals surface area contributed by atoms with E-state index in [1.165, 1.54) is 5.56 Å². The molecule has 1 aliphatic carbocycles. The Morgan fingerprint density at radius 2 is 2.08 bits per heavy atom. The molecule has 0 radical (unpaired) electrons. The fourth-order valence-electron chi connectivity index (χ4n) is 1.64. The summed E-state index contributed by atoms with van der Waals surface area (Å²) in [5.74, 6) is 1.13. The fourth-order valence-corrected chi connectivity index (χ4v) is 1.64. The Hall–Kier alpha value is -1.18. The molecule has 0 heterocycles. The fraction of sp³-hybridized carbons (Fsp3) is 0.400. The third-order valence-electron chi connectivity index (χ3n) is 2.44. The SMILES string of the molecule is [N-]=[O+]C[C@@H]1C[C@H]1c1ccccc1. The highest BCUT2D eigenvalue weighted by atomic mass is 16.4. The Morgan fingerprint density at radius 1 is 1.33 bits per heavy atom. The van der Waals surface area contributed by atoms with E-state index >= 15 is 0 Å². The van der Waals surface area contributed by atoms with E-state index in [1.54, 1.807) is 0 Å². The number of nitroso groups, excluding NO2 is 1. The van der Waals surface area contributed by atoms with Crippen LogP contribution in [0, 0.1) is 10.5 Å². The maximum atomic E-state index is 8.24. The highest BCUT2D eigenvalue weighted by Crippen LogP contribution is 2.47. The molecule has 1 aromatic carbocycles. The minimum Gasteiger partial charge on any atom is -0.330 e. The highest BCUT2D eigenvalue weighted by Gasteiger charge is 2.41. The number of nitrogens with zero attached hydrogens (tertiary/aromatic N) is 1. The minimum atomic E-state index is 0.472. The molecule has 0 amide bonds. The van der Waals surface area contributed by atoms with E-state index in [0.29, 0.717) is 18.4 Å². The van der Waals surface area contributed by atoms with Crippen LogP contribution in [0.15, 0.2) is 30.3 Å². The Labute approximate surface area is 71.7 Å². The van der Waals surface area contributed by atoms with E-state index < -0.39 is 0 Å². The van der Waals surface area contributed by atoms with E-state index in [-0.39, 0.29) is 0 Å². The summed E-state index contributed by atoms with van der Waals surface area (Å²) in [6, 6.07) is 10.4. The maximum absolute atomic E-state index is 8.24. The predicted molar refractivity (Wildman–Crippen MR) is 48.9 cm³/mol. The Balaban J connectivity index is 2.01. The Morgan fingerprint density at radius 3 is 2.75 bits per heavy atom. The van der Waals surface area contributed by atoms with Gasteiger partial charge in [-0.2, -0.15) is 0 Å². The molecule has 0 N–H and O–H groups in total. The van der Waals surface area contributed by atoms with Crippen molar-refractivity contribution in [1.29, 1.82) is 0 Å². The van der Waals surface area contributed by atoms with Gasteiger partial charge in [-0.25, -0.2) is 0 Å². The van der Waals surface area contributed by atoms with Gasteiger partial charge in [0.15, 0.2) is 0 Å². The molecular weight excluding hydrogens is 150 g/mol. The summed E-state index contributed by atoms with van der Waals surface area (Å²) in [6.45, 7) is 0.472. The van der Waals surface area contributed by atoms with Crippen LogP contribution in [0.3, 0.4) is 0 Å². The van der Waals surface area contributed by atoms with Gasteiger partial charge in [0.1, 0.15) is 0 Å². The molecule has 0 spiro atoms. The summed E-state index contributed by atoms with van der Waals surface area (Å²) >= 11 is 0. The van der Waals surface area contributed by atoms with Gasteiger partial charge in [0.2, 0.25) is 0 Å². The van der Waals surface area contributed by atoms with Gasteiger partial charge in [0.25, 0.3) is 6.61 Å². The Kier molecular flexibility index (Phi) is 1.90. The molecule has 0 unspecified atom stereocenters. The van der Waals surface area contributed by atoms with Crippen molar-refractivity contribution in [3.8, 4) is 0 Å². The van der Waals surface area contributed by atoms with Crippen molar-refractivity contribution in [2.24, 2.45) is 5.92 Å². The van der Waals surface area contributed by atoms with Gasteiger partial charge in [-0.1, -0.05) is 30.3 Å². The van der Waals surface area contributed by atoms with Crippen molar-refractivity contribution in [3.63, 3.8) is 0 Å². The van der Waals surface area contributed by atoms with Crippen molar-refractivity contribution in [3.05, 3.63) is 46.0 Å². The summed E-state index contributed by atoms with van der Waals surface area (Å²) in [6.07, 6.45) is 1.14. The molecule has 0 aliphatic heterocycles. The van der Waals surface area contributed by atoms with Gasteiger partial charge in [-0.3, -0.25) is 0 Å². The van der Waals surface area contributed by atoms with Crippen molar-refractivity contribution in [2.45, 2.75) is 12.3 Å². The summed E-state index contributed by atoms with van der Waals surface area (Å²) in [7, 11) is 0. The number of hydrogen-bond donors (Lipinski definition) is 0. The predicted octanol–water partition coefficient (Wildman–Crippen LogP) is 2.66. The molecule has 12 heavy (non-hydrogen) atoms. The van der Waals surface area contributed by atoms with Crippen molar-refractivity contribution >= 4 is 0 Å². The molecule has 2 heteroatoms. The second kappa shape index (κ2) is 3.05. The summed E-state index contributed by atoms with van der Waals surface area (Å²) < 4.78 is 4.12. The third kappa shape index (κ3) is 1.37. The van der Waals surface area contributed by atoms with Crippen LogP contribution >= 0.6 is 0 Å². The van der Waals surface area contributed by atoms with Crippen LogP contribution in [0.2, 0.25) is 0 Å². The lowest BCUT2D eigenvalue weighted by molar-refractivity contribution is 0.876. The van der Waals surface area contributed by atoms with Crippen LogP contribution in [0.1, 0.15) is 17.9 Å². The second-order valence-electron chi connectivity index (χ2n) is 3.31. The molecule has 2 rings (SSSR count). The van der Waals surface area contributed by atoms with Gasteiger partial charge in [0, 0.05) is 0 Å². The normalized spacial score (nSPS) is 26.7. The molecule has 1 fully saturated rings. The largest absolute Gasteiger partial charge is 0.330 e. The van der Waals surface area contributed by atoms with Crippen LogP contribution in [-0.4, -0.2) is 6.61 Å². The van der Waals surface area contributed by atoms with Crippen molar-refractivity contribution in [1.82, 2.24) is 0 Å². The van der Waals surface area contributed by atoms with E-state index in [2.05, 4.69) is 16.7 Å². The van der Waals surface area contributed by atoms with E-state index in [4.69, 9.17) is 5.59 Å². The standard InChI is InChI=1S/C10H11NO/c11-12-7-9-6-10(9)8-4-2-1-3-5-8/h1-5,9-10H,6-7H2/t9-,10-/m0/s1. The van der Waals surface area contributed by atoms with Crippen molar-refractivity contribution in [2.75, 3.05) is 6.61 Å². The first-order valence-corrected chi connectivity index (χ1v) is 4.23. The topological polar surface area (TPSA) is 33.6 Å². The summed E-state index contributed by atoms with van der Waals surface area (Å²) in [4.78, 5) is 0. The molecule has 2 nitrogen and oxygen atoms in total. The molecule has 0 bridgehead atoms. The van der Waals surface area contributed by atoms with E-state index in [0.717, 1.165) is 6.42 Å². The van der Waals surface area contributed by atoms with Crippen LogP contribution in [0.25, 0.3) is 5.59 Å². The van der Waals surface area contributed by atoms with Crippen LogP contribution in [-0.2, 0) is 0 Å². The highest BCUT2D eigenvalue weighted by molar-refractivity contribution is 5.26.